The van der Waals surface area contributed by atoms with Crippen molar-refractivity contribution < 1.29 is 38.5 Å². The number of pyridine rings is 1. The number of ether oxygens (including phenoxy) is 1. The van der Waals surface area contributed by atoms with E-state index in [4.69, 9.17) is 32.3 Å². The molecule has 0 bridgehead atoms. The monoisotopic (exact) mass is 802 g/mol. The Balaban J connectivity index is 1.66. The maximum absolute atomic E-state index is 13.8. The highest BCUT2D eigenvalue weighted by molar-refractivity contribution is 8.00. The molecule has 298 valence electrons. The number of carbonyl (C=O) groups is 4. The van der Waals surface area contributed by atoms with Crippen LogP contribution in [-0.4, -0.2) is 114 Å². The number of aliphatic carboxylic acids is 2. The smallest absolute Gasteiger partial charge is 0.322 e. The molecule has 18 heteroatoms. The van der Waals surface area contributed by atoms with E-state index in [0.29, 0.717) is 67.0 Å². The molecular weight excluding hydrogens is 755 g/mol. The summed E-state index contributed by atoms with van der Waals surface area (Å²) in [7, 11) is 3.74. The number of fused-ring (bicyclic) bond motifs is 1. The Hall–Kier alpha value is -4.73. The van der Waals surface area contributed by atoms with Gasteiger partial charge in [-0.1, -0.05) is 11.6 Å². The Morgan fingerprint density at radius 2 is 1.89 bits per heavy atom. The van der Waals surface area contributed by atoms with Crippen molar-refractivity contribution in [2.45, 2.75) is 56.4 Å². The zero-order valence-corrected chi connectivity index (χ0v) is 32.6. The van der Waals surface area contributed by atoms with Gasteiger partial charge in [-0.05, 0) is 83.1 Å². The third-order valence-corrected chi connectivity index (χ3v) is 9.82. The molecule has 0 aliphatic heterocycles. The number of hydrogen-bond donors (Lipinski definition) is 7. The van der Waals surface area contributed by atoms with Crippen molar-refractivity contribution in [1.82, 2.24) is 25.8 Å². The number of halogens is 2. The number of nitrogens with one attached hydrogen (secondary N) is 4. The van der Waals surface area contributed by atoms with Crippen molar-refractivity contribution in [3.05, 3.63) is 58.5 Å². The summed E-state index contributed by atoms with van der Waals surface area (Å²) in [6, 6.07) is 8.21. The number of rotatable bonds is 24. The third-order valence-electron chi connectivity index (χ3n) is 8.22. The zero-order chi connectivity index (χ0) is 40.5. The number of amides is 2. The van der Waals surface area contributed by atoms with Crippen molar-refractivity contribution >= 4 is 69.4 Å². The van der Waals surface area contributed by atoms with Gasteiger partial charge in [0.1, 0.15) is 30.2 Å². The molecule has 3 unspecified atom stereocenters. The van der Waals surface area contributed by atoms with Crippen LogP contribution in [0.2, 0.25) is 5.02 Å². The molecule has 0 aliphatic rings. The summed E-state index contributed by atoms with van der Waals surface area (Å²) in [5.74, 6) is -2.72. The van der Waals surface area contributed by atoms with Gasteiger partial charge in [0.2, 0.25) is 11.8 Å². The van der Waals surface area contributed by atoms with Gasteiger partial charge in [-0.25, -0.2) is 4.39 Å². The number of hydrogen-bond acceptors (Lipinski definition) is 12. The van der Waals surface area contributed by atoms with Gasteiger partial charge in [0.15, 0.2) is 0 Å². The molecule has 3 aromatic rings. The number of carboxylic acid groups (broad SMARTS) is 2. The number of thioether (sulfide) groups is 1. The molecule has 0 aliphatic carbocycles. The highest BCUT2D eigenvalue weighted by Gasteiger charge is 2.23. The van der Waals surface area contributed by atoms with Gasteiger partial charge in [0, 0.05) is 53.8 Å². The van der Waals surface area contributed by atoms with Crippen LogP contribution in [0.15, 0.2) is 36.5 Å². The number of carboxylic acids is 2. The average molecular weight is 803 g/mol. The van der Waals surface area contributed by atoms with Gasteiger partial charge in [-0.15, -0.1) is 0 Å². The van der Waals surface area contributed by atoms with E-state index in [-0.39, 0.29) is 46.9 Å². The molecule has 0 spiro atoms. The van der Waals surface area contributed by atoms with Crippen molar-refractivity contribution in [1.29, 1.82) is 5.26 Å². The molecule has 55 heavy (non-hydrogen) atoms. The molecular formula is C37H48ClFN8O7S. The predicted octanol–water partition coefficient (Wildman–Crippen LogP) is 3.49. The highest BCUT2D eigenvalue weighted by atomic mass is 35.5. The minimum absolute atomic E-state index is 0.0656. The van der Waals surface area contributed by atoms with Gasteiger partial charge in [0.05, 0.1) is 34.4 Å². The van der Waals surface area contributed by atoms with Crippen LogP contribution in [0.5, 0.6) is 5.75 Å². The van der Waals surface area contributed by atoms with E-state index in [0.717, 1.165) is 5.56 Å². The van der Waals surface area contributed by atoms with Crippen molar-refractivity contribution in [2.75, 3.05) is 58.0 Å². The molecule has 3 atom stereocenters. The second-order valence-corrected chi connectivity index (χ2v) is 14.6. The molecule has 2 aromatic carbocycles. The predicted molar refractivity (Wildman–Crippen MR) is 210 cm³/mol. The molecule has 0 saturated carbocycles. The van der Waals surface area contributed by atoms with Crippen LogP contribution in [0.4, 0.5) is 15.8 Å². The van der Waals surface area contributed by atoms with E-state index < -0.39 is 42.3 Å². The summed E-state index contributed by atoms with van der Waals surface area (Å²) < 4.78 is 19.7. The minimum Gasteiger partial charge on any atom is -0.494 e. The fourth-order valence-corrected chi connectivity index (χ4v) is 7.11. The maximum Gasteiger partial charge on any atom is 0.322 e. The summed E-state index contributed by atoms with van der Waals surface area (Å²) >= 11 is 7.40. The Morgan fingerprint density at radius 1 is 1.13 bits per heavy atom. The molecule has 8 N–H and O–H groups in total. The molecule has 15 nitrogen and oxygen atoms in total. The number of carbonyl (C=O) groups excluding carboxylic acids is 2. The van der Waals surface area contributed by atoms with Crippen LogP contribution in [0, 0.1) is 17.1 Å². The number of aromatic nitrogens is 1. The van der Waals surface area contributed by atoms with E-state index in [1.807, 2.05) is 32.0 Å². The first-order chi connectivity index (χ1) is 26.2. The topological polar surface area (TPSA) is 232 Å². The first-order valence-corrected chi connectivity index (χ1v) is 19.1. The van der Waals surface area contributed by atoms with Crippen molar-refractivity contribution in [3.63, 3.8) is 0 Å². The van der Waals surface area contributed by atoms with Crippen molar-refractivity contribution in [2.24, 2.45) is 5.73 Å². The SMILES string of the molecule is CCOc1cc2ncc(C#N)c(Nc3ccc(F)c(Cl)c3)c2cc1CCCNC(=O)CC(CN(C)C)SCC(NCCCC(N)C(=O)O)C(=O)NCC(=O)O. The van der Waals surface area contributed by atoms with Crippen LogP contribution >= 0.6 is 23.4 Å². The zero-order valence-electron chi connectivity index (χ0n) is 31.0. The second-order valence-electron chi connectivity index (χ2n) is 12.9. The summed E-state index contributed by atoms with van der Waals surface area (Å²) in [6.45, 7) is 2.89. The van der Waals surface area contributed by atoms with E-state index in [2.05, 4.69) is 32.3 Å². The van der Waals surface area contributed by atoms with Gasteiger partial charge in [0.25, 0.3) is 0 Å². The van der Waals surface area contributed by atoms with E-state index >= 15 is 0 Å². The lowest BCUT2D eigenvalue weighted by atomic mass is 10.0. The Kier molecular flexibility index (Phi) is 18.4. The van der Waals surface area contributed by atoms with Crippen LogP contribution in [0.3, 0.4) is 0 Å². The molecule has 0 radical (unpaired) electrons. The van der Waals surface area contributed by atoms with Crippen LogP contribution < -0.4 is 31.7 Å². The molecule has 0 saturated heterocycles. The molecule has 3 rings (SSSR count). The summed E-state index contributed by atoms with van der Waals surface area (Å²) in [6.07, 6.45) is 3.28. The summed E-state index contributed by atoms with van der Waals surface area (Å²) in [5, 5.41) is 39.9. The quantitative estimate of drug-likeness (QED) is 0.0643. The van der Waals surface area contributed by atoms with Crippen LogP contribution in [0.1, 0.15) is 43.7 Å². The fraction of sp³-hybridized carbons (Fsp3) is 0.459. The van der Waals surface area contributed by atoms with Crippen LogP contribution in [-0.2, 0) is 25.6 Å². The van der Waals surface area contributed by atoms with E-state index in [1.54, 1.807) is 6.07 Å². The van der Waals surface area contributed by atoms with E-state index in [9.17, 15) is 28.8 Å². The first kappa shape index (κ1) is 44.7. The Morgan fingerprint density at radius 3 is 2.55 bits per heavy atom. The Labute approximate surface area is 328 Å². The minimum atomic E-state index is -1.19. The standard InChI is InChI=1S/C37H48ClFN8O7S/c1-4-54-32-16-30-26(35(23(17-40)18-44-30)46-24-9-10-28(39)27(38)14-24)13-22(32)7-5-12-43-33(48)15-25(20-47(2)3)55-21-31(36(51)45-19-34(49)50)42-11-6-8-29(41)37(52)53/h9-10,13-14,16,18,25,29,31,42H,4-8,11-12,15,19-21,41H2,1-3H3,(H,43,48)(H,44,46)(H,45,51)(H,49,50)(H,52,53). The Bertz CT molecular complexity index is 1850. The summed E-state index contributed by atoms with van der Waals surface area (Å²) in [4.78, 5) is 54.4. The number of nitrogens with zero attached hydrogens (tertiary/aromatic N) is 3. The third kappa shape index (κ3) is 14.8. The van der Waals surface area contributed by atoms with Gasteiger partial charge >= 0.3 is 11.9 Å². The van der Waals surface area contributed by atoms with E-state index in [1.165, 1.54) is 36.2 Å². The molecule has 1 heterocycles. The van der Waals surface area contributed by atoms with Gasteiger partial charge in [-0.3, -0.25) is 24.2 Å². The molecule has 2 amide bonds. The highest BCUT2D eigenvalue weighted by Crippen LogP contribution is 2.34. The number of nitrogens with two attached hydrogens (primary N) is 1. The average Bonchev–Trinajstić information content (AvgIpc) is 3.13. The number of anilines is 2. The number of benzene rings is 2. The van der Waals surface area contributed by atoms with Gasteiger partial charge < -0.3 is 46.9 Å². The lowest BCUT2D eigenvalue weighted by Gasteiger charge is -2.24. The van der Waals surface area contributed by atoms with Crippen LogP contribution in [0.25, 0.3) is 10.9 Å². The first-order valence-electron chi connectivity index (χ1n) is 17.7. The lowest BCUT2D eigenvalue weighted by Crippen LogP contribution is -2.48. The second kappa shape index (κ2) is 22.6. The lowest BCUT2D eigenvalue weighted by molar-refractivity contribution is -0.139. The molecule has 1 aromatic heterocycles. The normalized spacial score (nSPS) is 12.8. The number of nitriles is 1. The maximum atomic E-state index is 13.8. The number of aryl methyl sites for hydroxylation is 1. The largest absolute Gasteiger partial charge is 0.494 e. The fourth-order valence-electron chi connectivity index (χ4n) is 5.52. The van der Waals surface area contributed by atoms with Crippen molar-refractivity contribution in [3.8, 4) is 11.8 Å². The molecule has 0 fully saturated rings. The summed E-state index contributed by atoms with van der Waals surface area (Å²) in [5.41, 5.74) is 8.25. The van der Waals surface area contributed by atoms with Gasteiger partial charge in [-0.2, -0.15) is 17.0 Å².